The Bertz CT molecular complexity index is 1030. The highest BCUT2D eigenvalue weighted by Crippen LogP contribution is 2.31. The maximum Gasteiger partial charge on any atom is 0.193 e. The molecule has 1 aliphatic rings. The molecule has 7 nitrogen and oxygen atoms in total. The van der Waals surface area contributed by atoms with Gasteiger partial charge in [-0.2, -0.15) is 15.8 Å². The molecule has 0 aromatic heterocycles. The summed E-state index contributed by atoms with van der Waals surface area (Å²) in [5.41, 5.74) is 0.933. The highest BCUT2D eigenvalue weighted by Gasteiger charge is 2.16. The van der Waals surface area contributed by atoms with Crippen LogP contribution in [0.3, 0.4) is 0 Å². The number of ether oxygens (including phenoxy) is 2. The average Bonchev–Trinajstić information content (AvgIpc) is 2.73. The van der Waals surface area contributed by atoms with Crippen LogP contribution in [0.4, 0.5) is 5.69 Å². The van der Waals surface area contributed by atoms with E-state index in [4.69, 9.17) is 25.3 Å². The standard InChI is InChI=1S/C20H12N4O3/c21-10-15(11-22)17(12-23)24-16-4-1-13(2-5-16)20(25)14-3-6-18-19(9-14)27-8-7-26-18/h1-6,9,24H,7-8H2. The Labute approximate surface area is 155 Å². The topological polar surface area (TPSA) is 119 Å². The molecule has 1 aliphatic heterocycles. The molecule has 1 N–H and O–H groups in total. The van der Waals surface area contributed by atoms with Gasteiger partial charge in [0.2, 0.25) is 0 Å². The van der Waals surface area contributed by atoms with Gasteiger partial charge in [-0.3, -0.25) is 4.79 Å². The van der Waals surface area contributed by atoms with Crippen LogP contribution in [0.25, 0.3) is 0 Å². The number of nitrogens with zero attached hydrogens (tertiary/aromatic N) is 3. The van der Waals surface area contributed by atoms with Crippen molar-refractivity contribution in [2.75, 3.05) is 18.5 Å². The molecule has 27 heavy (non-hydrogen) atoms. The summed E-state index contributed by atoms with van der Waals surface area (Å²) in [4.78, 5) is 12.7. The third kappa shape index (κ3) is 3.71. The Kier molecular flexibility index (Phi) is 5.03. The zero-order valence-electron chi connectivity index (χ0n) is 14.0. The smallest absolute Gasteiger partial charge is 0.193 e. The van der Waals surface area contributed by atoms with E-state index in [-0.39, 0.29) is 17.1 Å². The molecule has 7 heteroatoms. The maximum absolute atomic E-state index is 12.7. The SMILES string of the molecule is N#CC(C#N)=C(C#N)Nc1ccc(C(=O)c2ccc3c(c2)OCCO3)cc1. The highest BCUT2D eigenvalue weighted by atomic mass is 16.6. The normalized spacial score (nSPS) is 11.3. The van der Waals surface area contributed by atoms with E-state index >= 15 is 0 Å². The van der Waals surface area contributed by atoms with Crippen molar-refractivity contribution >= 4 is 11.5 Å². The van der Waals surface area contributed by atoms with E-state index in [1.165, 1.54) is 0 Å². The third-order valence-corrected chi connectivity index (χ3v) is 3.81. The first-order valence-electron chi connectivity index (χ1n) is 7.92. The van der Waals surface area contributed by atoms with Gasteiger partial charge in [0.15, 0.2) is 22.9 Å². The van der Waals surface area contributed by atoms with Crippen molar-refractivity contribution in [3.8, 4) is 29.7 Å². The number of nitriles is 3. The van der Waals surface area contributed by atoms with Crippen LogP contribution in [-0.4, -0.2) is 19.0 Å². The molecular formula is C20H12N4O3. The molecular weight excluding hydrogens is 344 g/mol. The van der Waals surface area contributed by atoms with Crippen molar-refractivity contribution in [1.29, 1.82) is 15.8 Å². The number of hydrogen-bond donors (Lipinski definition) is 1. The second-order valence-corrected chi connectivity index (χ2v) is 5.48. The highest BCUT2D eigenvalue weighted by molar-refractivity contribution is 6.09. The first-order chi connectivity index (χ1) is 13.2. The van der Waals surface area contributed by atoms with Crippen LogP contribution in [0.5, 0.6) is 11.5 Å². The van der Waals surface area contributed by atoms with E-state index in [0.29, 0.717) is 41.5 Å². The Hall–Kier alpha value is -4.28. The van der Waals surface area contributed by atoms with Crippen molar-refractivity contribution in [2.45, 2.75) is 0 Å². The van der Waals surface area contributed by atoms with E-state index in [2.05, 4.69) is 5.32 Å². The Morgan fingerprint density at radius 1 is 0.852 bits per heavy atom. The monoisotopic (exact) mass is 356 g/mol. The minimum absolute atomic E-state index is 0.147. The number of benzene rings is 2. The summed E-state index contributed by atoms with van der Waals surface area (Å²) in [5.74, 6) is 0.956. The maximum atomic E-state index is 12.7. The number of rotatable bonds is 4. The lowest BCUT2D eigenvalue weighted by Crippen LogP contribution is -2.15. The molecule has 1 heterocycles. The predicted octanol–water partition coefficient (Wildman–Crippen LogP) is 2.93. The summed E-state index contributed by atoms with van der Waals surface area (Å²) in [6, 6.07) is 16.5. The summed E-state index contributed by atoms with van der Waals surface area (Å²) in [5, 5.41) is 29.5. The van der Waals surface area contributed by atoms with Gasteiger partial charge in [0, 0.05) is 16.8 Å². The van der Waals surface area contributed by atoms with Crippen molar-refractivity contribution in [2.24, 2.45) is 0 Å². The van der Waals surface area contributed by atoms with Crippen LogP contribution in [0.1, 0.15) is 15.9 Å². The quantitative estimate of drug-likeness (QED) is 0.660. The van der Waals surface area contributed by atoms with Gasteiger partial charge in [0.05, 0.1) is 0 Å². The van der Waals surface area contributed by atoms with Gasteiger partial charge >= 0.3 is 0 Å². The van der Waals surface area contributed by atoms with Crippen molar-refractivity contribution in [3.63, 3.8) is 0 Å². The van der Waals surface area contributed by atoms with Crippen LogP contribution in [-0.2, 0) is 0 Å². The van der Waals surface area contributed by atoms with Gasteiger partial charge in [0.1, 0.15) is 37.1 Å². The Balaban J connectivity index is 1.81. The molecule has 0 radical (unpaired) electrons. The fourth-order valence-corrected chi connectivity index (χ4v) is 2.48. The number of ketones is 1. The molecule has 0 amide bonds. The van der Waals surface area contributed by atoms with Gasteiger partial charge in [-0.15, -0.1) is 0 Å². The molecule has 2 aromatic rings. The second kappa shape index (κ2) is 7.74. The molecule has 0 unspecified atom stereocenters. The molecule has 0 fully saturated rings. The molecule has 0 saturated carbocycles. The zero-order valence-corrected chi connectivity index (χ0v) is 14.0. The lowest BCUT2D eigenvalue weighted by Gasteiger charge is -2.18. The molecule has 0 spiro atoms. The van der Waals surface area contributed by atoms with Gasteiger partial charge in [-0.05, 0) is 42.5 Å². The van der Waals surface area contributed by atoms with Crippen LogP contribution >= 0.6 is 0 Å². The molecule has 130 valence electrons. The van der Waals surface area contributed by atoms with Gasteiger partial charge in [0.25, 0.3) is 0 Å². The number of anilines is 1. The minimum Gasteiger partial charge on any atom is -0.486 e. The van der Waals surface area contributed by atoms with Gasteiger partial charge in [-0.25, -0.2) is 0 Å². The van der Waals surface area contributed by atoms with Crippen LogP contribution in [0.2, 0.25) is 0 Å². The number of nitrogens with one attached hydrogen (secondary N) is 1. The van der Waals surface area contributed by atoms with E-state index in [9.17, 15) is 4.79 Å². The number of allylic oxidation sites excluding steroid dienone is 2. The third-order valence-electron chi connectivity index (χ3n) is 3.81. The summed E-state index contributed by atoms with van der Waals surface area (Å²) < 4.78 is 10.9. The number of fused-ring (bicyclic) bond motifs is 1. The van der Waals surface area contributed by atoms with Crippen LogP contribution < -0.4 is 14.8 Å². The predicted molar refractivity (Wildman–Crippen MR) is 94.8 cm³/mol. The van der Waals surface area contributed by atoms with Crippen molar-refractivity contribution in [3.05, 3.63) is 64.9 Å². The molecule has 0 saturated heterocycles. The van der Waals surface area contributed by atoms with Crippen molar-refractivity contribution in [1.82, 2.24) is 0 Å². The zero-order chi connectivity index (χ0) is 19.2. The number of carbonyl (C=O) groups excluding carboxylic acids is 1. The van der Waals surface area contributed by atoms with E-state index in [1.807, 2.05) is 0 Å². The molecule has 0 atom stereocenters. The summed E-state index contributed by atoms with van der Waals surface area (Å²) in [6.07, 6.45) is 0. The molecule has 0 bridgehead atoms. The average molecular weight is 356 g/mol. The molecule has 3 rings (SSSR count). The van der Waals surface area contributed by atoms with Crippen LogP contribution in [0.15, 0.2) is 53.7 Å². The first kappa shape index (κ1) is 17.5. The van der Waals surface area contributed by atoms with E-state index < -0.39 is 0 Å². The van der Waals surface area contributed by atoms with Gasteiger partial charge in [-0.1, -0.05) is 0 Å². The fourth-order valence-electron chi connectivity index (χ4n) is 2.48. The number of carbonyl (C=O) groups is 1. The van der Waals surface area contributed by atoms with E-state index in [0.717, 1.165) is 0 Å². The summed E-state index contributed by atoms with van der Waals surface area (Å²) in [7, 11) is 0. The first-order valence-corrected chi connectivity index (χ1v) is 7.92. The largest absolute Gasteiger partial charge is 0.486 e. The second-order valence-electron chi connectivity index (χ2n) is 5.48. The van der Waals surface area contributed by atoms with E-state index in [1.54, 1.807) is 60.7 Å². The van der Waals surface area contributed by atoms with Crippen LogP contribution in [0, 0.1) is 34.0 Å². The minimum atomic E-state index is -0.311. The van der Waals surface area contributed by atoms with Crippen molar-refractivity contribution < 1.29 is 14.3 Å². The van der Waals surface area contributed by atoms with Gasteiger partial charge < -0.3 is 14.8 Å². The molecule has 0 aliphatic carbocycles. The molecule has 2 aromatic carbocycles. The lowest BCUT2D eigenvalue weighted by atomic mass is 10.0. The Morgan fingerprint density at radius 3 is 2.11 bits per heavy atom. The lowest BCUT2D eigenvalue weighted by molar-refractivity contribution is 0.103. The Morgan fingerprint density at radius 2 is 1.48 bits per heavy atom. The summed E-state index contributed by atoms with van der Waals surface area (Å²) >= 11 is 0. The number of hydrogen-bond acceptors (Lipinski definition) is 7. The summed E-state index contributed by atoms with van der Waals surface area (Å²) in [6.45, 7) is 0.917. The fraction of sp³-hybridized carbons (Fsp3) is 0.100.